The minimum absolute atomic E-state index is 0.0607. The van der Waals surface area contributed by atoms with Gasteiger partial charge in [0, 0.05) is 37.1 Å². The highest BCUT2D eigenvalue weighted by molar-refractivity contribution is 7.89. The number of halogens is 1. The van der Waals surface area contributed by atoms with Crippen LogP contribution in [0.5, 0.6) is 0 Å². The van der Waals surface area contributed by atoms with Gasteiger partial charge in [0.25, 0.3) is 5.91 Å². The first-order valence-electron chi connectivity index (χ1n) is 11.3. The third-order valence-electron chi connectivity index (χ3n) is 6.33. The van der Waals surface area contributed by atoms with E-state index in [2.05, 4.69) is 5.32 Å². The Labute approximate surface area is 199 Å². The summed E-state index contributed by atoms with van der Waals surface area (Å²) in [5, 5.41) is 3.40. The van der Waals surface area contributed by atoms with Gasteiger partial charge in [-0.05, 0) is 68.5 Å². The Morgan fingerprint density at radius 3 is 2.18 bits per heavy atom. The highest BCUT2D eigenvalue weighted by Crippen LogP contribution is 2.27. The first-order valence-corrected chi connectivity index (χ1v) is 13.1. The van der Waals surface area contributed by atoms with Crippen molar-refractivity contribution in [2.45, 2.75) is 37.0 Å². The van der Waals surface area contributed by atoms with Gasteiger partial charge >= 0.3 is 0 Å². The predicted octanol–water partition coefficient (Wildman–Crippen LogP) is 4.01. The van der Waals surface area contributed by atoms with Crippen LogP contribution in [0.3, 0.4) is 0 Å². The van der Waals surface area contributed by atoms with Crippen molar-refractivity contribution in [2.24, 2.45) is 5.92 Å². The summed E-state index contributed by atoms with van der Waals surface area (Å²) in [4.78, 5) is 28.0. The Morgan fingerprint density at radius 1 is 0.879 bits per heavy atom. The molecule has 0 atom stereocenters. The highest BCUT2D eigenvalue weighted by atomic mass is 35.5. The van der Waals surface area contributed by atoms with Crippen molar-refractivity contribution >= 4 is 39.1 Å². The minimum Gasteiger partial charge on any atom is -0.339 e. The second-order valence-corrected chi connectivity index (χ2v) is 10.9. The lowest BCUT2D eigenvalue weighted by molar-refractivity contribution is -0.120. The number of carbonyl (C=O) groups is 2. The lowest BCUT2D eigenvalue weighted by Gasteiger charge is -2.31. The Morgan fingerprint density at radius 2 is 1.52 bits per heavy atom. The van der Waals surface area contributed by atoms with E-state index in [9.17, 15) is 18.0 Å². The Balaban J connectivity index is 1.39. The van der Waals surface area contributed by atoms with Crippen LogP contribution in [0, 0.1) is 5.92 Å². The number of nitrogens with zero attached hydrogens (tertiary/aromatic N) is 2. The quantitative estimate of drug-likeness (QED) is 0.687. The van der Waals surface area contributed by atoms with Crippen molar-refractivity contribution in [1.29, 1.82) is 0 Å². The molecule has 0 spiro atoms. The second kappa shape index (κ2) is 10.2. The summed E-state index contributed by atoms with van der Waals surface area (Å²) in [6, 6.07) is 13.2. The van der Waals surface area contributed by atoms with E-state index in [1.807, 2.05) is 4.90 Å². The van der Waals surface area contributed by atoms with Crippen LogP contribution in [0.25, 0.3) is 0 Å². The monoisotopic (exact) mass is 489 g/mol. The number of amides is 2. The van der Waals surface area contributed by atoms with Crippen LogP contribution in [-0.4, -0.2) is 55.6 Å². The van der Waals surface area contributed by atoms with E-state index in [-0.39, 0.29) is 35.7 Å². The molecular formula is C24H28ClN3O4S. The van der Waals surface area contributed by atoms with Gasteiger partial charge in [-0.25, -0.2) is 8.42 Å². The number of benzene rings is 2. The molecule has 2 heterocycles. The predicted molar refractivity (Wildman–Crippen MR) is 128 cm³/mol. The number of rotatable bonds is 5. The van der Waals surface area contributed by atoms with Crippen LogP contribution in [0.15, 0.2) is 53.4 Å². The molecule has 0 radical (unpaired) electrons. The van der Waals surface area contributed by atoms with E-state index in [4.69, 9.17) is 11.6 Å². The normalized spacial score (nSPS) is 18.2. The zero-order chi connectivity index (χ0) is 23.4. The fraction of sp³-hybridized carbons (Fsp3) is 0.417. The molecule has 176 valence electrons. The van der Waals surface area contributed by atoms with Crippen LogP contribution >= 0.6 is 11.6 Å². The van der Waals surface area contributed by atoms with Gasteiger partial charge in [0.2, 0.25) is 15.9 Å². The van der Waals surface area contributed by atoms with Crippen LogP contribution in [0.4, 0.5) is 5.69 Å². The molecule has 4 rings (SSSR count). The highest BCUT2D eigenvalue weighted by Gasteiger charge is 2.32. The molecule has 2 aliphatic rings. The topological polar surface area (TPSA) is 86.8 Å². The lowest BCUT2D eigenvalue weighted by atomic mass is 9.97. The van der Waals surface area contributed by atoms with Crippen LogP contribution in [0.1, 0.15) is 42.5 Å². The van der Waals surface area contributed by atoms with Gasteiger partial charge in [0.15, 0.2) is 0 Å². The summed E-state index contributed by atoms with van der Waals surface area (Å²) >= 11 is 5.87. The third kappa shape index (κ3) is 5.39. The number of anilines is 1. The van der Waals surface area contributed by atoms with Crippen LogP contribution in [0.2, 0.25) is 5.02 Å². The van der Waals surface area contributed by atoms with E-state index in [0.29, 0.717) is 29.1 Å². The number of carbonyl (C=O) groups excluding carboxylic acids is 2. The van der Waals surface area contributed by atoms with Gasteiger partial charge < -0.3 is 10.2 Å². The van der Waals surface area contributed by atoms with Gasteiger partial charge in [-0.3, -0.25) is 9.59 Å². The minimum atomic E-state index is -3.62. The van der Waals surface area contributed by atoms with Crippen molar-refractivity contribution < 1.29 is 18.0 Å². The molecule has 2 aromatic rings. The number of hydrogen-bond acceptors (Lipinski definition) is 4. The standard InChI is InChI=1S/C24H28ClN3O4S/c25-19-8-10-20(11-9-19)33(31,32)28-16-12-18(13-17-28)23(29)26-22-7-3-2-6-21(22)24(30)27-14-4-1-5-15-27/h2-3,6-11,18H,1,4-5,12-17H2,(H,26,29). The van der Waals surface area contributed by atoms with Gasteiger partial charge in [-0.1, -0.05) is 23.7 Å². The van der Waals surface area contributed by atoms with Crippen molar-refractivity contribution in [3.63, 3.8) is 0 Å². The second-order valence-electron chi connectivity index (χ2n) is 8.52. The van der Waals surface area contributed by atoms with Crippen LogP contribution in [-0.2, 0) is 14.8 Å². The smallest absolute Gasteiger partial charge is 0.255 e. The van der Waals surface area contributed by atoms with Gasteiger partial charge in [-0.15, -0.1) is 0 Å². The summed E-state index contributed by atoms with van der Waals surface area (Å²) in [6.45, 7) is 2.00. The van der Waals surface area contributed by atoms with Crippen molar-refractivity contribution in [1.82, 2.24) is 9.21 Å². The Hall–Kier alpha value is -2.42. The molecule has 7 nitrogen and oxygen atoms in total. The number of hydrogen-bond donors (Lipinski definition) is 1. The average Bonchev–Trinajstić information content (AvgIpc) is 2.85. The SMILES string of the molecule is O=C(Nc1ccccc1C(=O)N1CCCCC1)C1CCN(S(=O)(=O)c2ccc(Cl)cc2)CC1. The maximum atomic E-state index is 13.0. The average molecular weight is 490 g/mol. The maximum absolute atomic E-state index is 13.0. The summed E-state index contributed by atoms with van der Waals surface area (Å²) in [5.74, 6) is -0.563. The van der Waals surface area contributed by atoms with E-state index in [1.165, 1.54) is 16.4 Å². The van der Waals surface area contributed by atoms with Crippen molar-refractivity contribution in [2.75, 3.05) is 31.5 Å². The third-order valence-corrected chi connectivity index (χ3v) is 8.50. The zero-order valence-corrected chi connectivity index (χ0v) is 19.9. The van der Waals surface area contributed by atoms with E-state index >= 15 is 0 Å². The van der Waals surface area contributed by atoms with Gasteiger partial charge in [0.05, 0.1) is 16.1 Å². The molecule has 0 aromatic heterocycles. The molecule has 9 heteroatoms. The van der Waals surface area contributed by atoms with E-state index in [0.717, 1.165) is 32.4 Å². The summed E-state index contributed by atoms with van der Waals surface area (Å²) in [7, 11) is -3.62. The molecule has 0 saturated carbocycles. The molecule has 0 unspecified atom stereocenters. The van der Waals surface area contributed by atoms with E-state index < -0.39 is 10.0 Å². The summed E-state index contributed by atoms with van der Waals surface area (Å²) in [6.07, 6.45) is 3.96. The number of para-hydroxylation sites is 1. The molecule has 0 bridgehead atoms. The zero-order valence-electron chi connectivity index (χ0n) is 18.4. The number of piperidine rings is 2. The molecule has 33 heavy (non-hydrogen) atoms. The fourth-order valence-electron chi connectivity index (χ4n) is 4.39. The summed E-state index contributed by atoms with van der Waals surface area (Å²) in [5.41, 5.74) is 1.00. The molecule has 1 N–H and O–H groups in total. The first kappa shape index (κ1) is 23.7. The Kier molecular flexibility index (Phi) is 7.36. The number of sulfonamides is 1. The molecule has 2 saturated heterocycles. The van der Waals surface area contributed by atoms with Gasteiger partial charge in [0.1, 0.15) is 0 Å². The summed E-state index contributed by atoms with van der Waals surface area (Å²) < 4.78 is 27.2. The molecule has 2 fully saturated rings. The lowest BCUT2D eigenvalue weighted by Crippen LogP contribution is -2.41. The Bertz CT molecular complexity index is 1110. The molecule has 2 aromatic carbocycles. The maximum Gasteiger partial charge on any atom is 0.255 e. The van der Waals surface area contributed by atoms with E-state index in [1.54, 1.807) is 36.4 Å². The number of likely N-dealkylation sites (tertiary alicyclic amines) is 1. The number of nitrogens with one attached hydrogen (secondary N) is 1. The largest absolute Gasteiger partial charge is 0.339 e. The fourth-order valence-corrected chi connectivity index (χ4v) is 5.99. The van der Waals surface area contributed by atoms with Gasteiger partial charge in [-0.2, -0.15) is 4.31 Å². The molecule has 0 aliphatic carbocycles. The van der Waals surface area contributed by atoms with Crippen molar-refractivity contribution in [3.8, 4) is 0 Å². The first-order chi connectivity index (χ1) is 15.9. The van der Waals surface area contributed by atoms with Crippen LogP contribution < -0.4 is 5.32 Å². The molecular weight excluding hydrogens is 462 g/mol. The molecule has 2 amide bonds. The van der Waals surface area contributed by atoms with Crippen molar-refractivity contribution in [3.05, 3.63) is 59.1 Å². The molecule has 2 aliphatic heterocycles.